The molecule has 5 heteroatoms. The highest BCUT2D eigenvalue weighted by atomic mass is 79.9. The summed E-state index contributed by atoms with van der Waals surface area (Å²) < 4.78 is 14.3. The number of amides is 1. The van der Waals surface area contributed by atoms with Gasteiger partial charge in [-0.2, -0.15) is 0 Å². The summed E-state index contributed by atoms with van der Waals surface area (Å²) in [6.45, 7) is 0. The van der Waals surface area contributed by atoms with Gasteiger partial charge in [0.1, 0.15) is 11.2 Å². The van der Waals surface area contributed by atoms with Gasteiger partial charge in [0, 0.05) is 10.2 Å². The maximum Gasteiger partial charge on any atom is 0.238 e. The fraction of sp³-hybridized carbons (Fsp3) is 0.133. The lowest BCUT2D eigenvalue weighted by Gasteiger charge is -2.24. The van der Waals surface area contributed by atoms with Gasteiger partial charge in [-0.25, -0.2) is 4.39 Å². The van der Waals surface area contributed by atoms with E-state index in [0.717, 1.165) is 15.7 Å². The molecule has 1 aliphatic rings. The van der Waals surface area contributed by atoms with Crippen LogP contribution in [0.3, 0.4) is 0 Å². The Bertz CT molecular complexity index is 647. The van der Waals surface area contributed by atoms with Crippen molar-refractivity contribution in [2.75, 3.05) is 10.7 Å². The van der Waals surface area contributed by atoms with Crippen molar-refractivity contribution < 1.29 is 9.18 Å². The van der Waals surface area contributed by atoms with Crippen LogP contribution in [0, 0.1) is 5.82 Å². The number of thioether (sulfide) groups is 1. The number of hydrogen-bond acceptors (Lipinski definition) is 2. The molecule has 0 aromatic heterocycles. The second kappa shape index (κ2) is 5.58. The maximum atomic E-state index is 13.4. The number of carbonyl (C=O) groups is 1. The first-order valence-corrected chi connectivity index (χ1v) is 7.94. The van der Waals surface area contributed by atoms with E-state index in [2.05, 4.69) is 15.9 Å². The first-order valence-electron chi connectivity index (χ1n) is 6.10. The Morgan fingerprint density at radius 1 is 1.20 bits per heavy atom. The summed E-state index contributed by atoms with van der Waals surface area (Å²) in [5, 5.41) is -0.167. The zero-order chi connectivity index (χ0) is 14.1. The molecule has 102 valence electrons. The van der Waals surface area contributed by atoms with Gasteiger partial charge in [-0.3, -0.25) is 9.69 Å². The van der Waals surface area contributed by atoms with Gasteiger partial charge < -0.3 is 0 Å². The van der Waals surface area contributed by atoms with Gasteiger partial charge in [0.15, 0.2) is 0 Å². The number of anilines is 1. The number of benzene rings is 2. The van der Waals surface area contributed by atoms with E-state index in [1.807, 2.05) is 30.3 Å². The minimum absolute atomic E-state index is 0.0478. The molecule has 3 rings (SSSR count). The molecule has 1 unspecified atom stereocenters. The van der Waals surface area contributed by atoms with Crippen LogP contribution in [0.4, 0.5) is 10.1 Å². The van der Waals surface area contributed by atoms with Gasteiger partial charge in [0.2, 0.25) is 5.91 Å². The zero-order valence-corrected chi connectivity index (χ0v) is 12.8. The molecular formula is C15H11BrFNOS. The third-order valence-electron chi connectivity index (χ3n) is 3.11. The van der Waals surface area contributed by atoms with E-state index in [4.69, 9.17) is 0 Å². The van der Waals surface area contributed by atoms with Crippen LogP contribution in [0.15, 0.2) is 53.0 Å². The molecule has 0 radical (unpaired) electrons. The normalized spacial score (nSPS) is 18.6. The van der Waals surface area contributed by atoms with Gasteiger partial charge >= 0.3 is 0 Å². The lowest BCUT2D eigenvalue weighted by Crippen LogP contribution is -2.27. The fourth-order valence-corrected chi connectivity index (χ4v) is 3.64. The highest BCUT2D eigenvalue weighted by Crippen LogP contribution is 2.41. The molecule has 2 nitrogen and oxygen atoms in total. The summed E-state index contributed by atoms with van der Waals surface area (Å²) in [7, 11) is 0. The van der Waals surface area contributed by atoms with Crippen molar-refractivity contribution in [3.63, 3.8) is 0 Å². The van der Waals surface area contributed by atoms with Gasteiger partial charge in [-0.1, -0.05) is 28.1 Å². The molecule has 1 fully saturated rings. The first kappa shape index (κ1) is 13.6. The smallest absolute Gasteiger partial charge is 0.238 e. The quantitative estimate of drug-likeness (QED) is 0.800. The van der Waals surface area contributed by atoms with Gasteiger partial charge in [0.05, 0.1) is 5.75 Å². The van der Waals surface area contributed by atoms with Crippen LogP contribution < -0.4 is 4.90 Å². The minimum atomic E-state index is -0.279. The minimum Gasteiger partial charge on any atom is -0.295 e. The maximum absolute atomic E-state index is 13.4. The summed E-state index contributed by atoms with van der Waals surface area (Å²) in [4.78, 5) is 13.9. The Labute approximate surface area is 129 Å². The highest BCUT2D eigenvalue weighted by Gasteiger charge is 2.34. The topological polar surface area (TPSA) is 20.3 Å². The summed E-state index contributed by atoms with van der Waals surface area (Å²) in [6, 6.07) is 14.0. The van der Waals surface area contributed by atoms with Crippen LogP contribution in [0.1, 0.15) is 10.9 Å². The van der Waals surface area contributed by atoms with Crippen molar-refractivity contribution in [3.05, 3.63) is 64.4 Å². The number of rotatable bonds is 2. The monoisotopic (exact) mass is 351 g/mol. The molecule has 2 aromatic carbocycles. The van der Waals surface area contributed by atoms with Gasteiger partial charge in [-0.15, -0.1) is 11.8 Å². The molecule has 0 bridgehead atoms. The number of carbonyl (C=O) groups excluding carboxylic acids is 1. The Hall–Kier alpha value is -1.33. The van der Waals surface area contributed by atoms with Crippen molar-refractivity contribution in [2.45, 2.75) is 5.37 Å². The molecule has 0 N–H and O–H groups in total. The van der Waals surface area contributed by atoms with Crippen LogP contribution in [-0.4, -0.2) is 11.7 Å². The SMILES string of the molecule is O=C1CSC(c2cccc(F)c2)N1c1ccc(Br)cc1. The Morgan fingerprint density at radius 2 is 1.95 bits per heavy atom. The van der Waals surface area contributed by atoms with Crippen LogP contribution >= 0.6 is 27.7 Å². The van der Waals surface area contributed by atoms with E-state index in [1.54, 1.807) is 11.0 Å². The fourth-order valence-electron chi connectivity index (χ4n) is 2.21. The Balaban J connectivity index is 1.98. The molecule has 20 heavy (non-hydrogen) atoms. The molecule has 0 spiro atoms. The zero-order valence-electron chi connectivity index (χ0n) is 10.4. The third kappa shape index (κ3) is 2.60. The molecule has 0 saturated carbocycles. The second-order valence-corrected chi connectivity index (χ2v) is 6.44. The predicted molar refractivity (Wildman–Crippen MR) is 83.2 cm³/mol. The highest BCUT2D eigenvalue weighted by molar-refractivity contribution is 9.10. The van der Waals surface area contributed by atoms with E-state index < -0.39 is 0 Å². The number of hydrogen-bond donors (Lipinski definition) is 0. The van der Waals surface area contributed by atoms with Crippen molar-refractivity contribution in [3.8, 4) is 0 Å². The van der Waals surface area contributed by atoms with Crippen molar-refractivity contribution >= 4 is 39.3 Å². The van der Waals surface area contributed by atoms with E-state index in [-0.39, 0.29) is 17.1 Å². The molecule has 2 aromatic rings. The number of halogens is 2. The molecule has 1 amide bonds. The summed E-state index contributed by atoms with van der Waals surface area (Å²) in [5.74, 6) is 0.182. The summed E-state index contributed by atoms with van der Waals surface area (Å²) >= 11 is 4.90. The van der Waals surface area contributed by atoms with Gasteiger partial charge in [0.25, 0.3) is 0 Å². The van der Waals surface area contributed by atoms with E-state index >= 15 is 0 Å². The lowest BCUT2D eigenvalue weighted by atomic mass is 10.2. The van der Waals surface area contributed by atoms with E-state index in [1.165, 1.54) is 23.9 Å². The first-order chi connectivity index (χ1) is 9.65. The van der Waals surface area contributed by atoms with Crippen LogP contribution in [0.2, 0.25) is 0 Å². The molecule has 1 heterocycles. The third-order valence-corrected chi connectivity index (χ3v) is 4.85. The molecule has 0 aliphatic carbocycles. The lowest BCUT2D eigenvalue weighted by molar-refractivity contribution is -0.115. The van der Waals surface area contributed by atoms with Crippen molar-refractivity contribution in [1.29, 1.82) is 0 Å². The number of nitrogens with zero attached hydrogens (tertiary/aromatic N) is 1. The second-order valence-electron chi connectivity index (χ2n) is 4.46. The van der Waals surface area contributed by atoms with Crippen LogP contribution in [-0.2, 0) is 4.79 Å². The molecular weight excluding hydrogens is 341 g/mol. The summed E-state index contributed by atoms with van der Waals surface area (Å²) in [6.07, 6.45) is 0. The average molecular weight is 352 g/mol. The predicted octanol–water partition coefficient (Wildman–Crippen LogP) is 4.37. The molecule has 1 saturated heterocycles. The van der Waals surface area contributed by atoms with Crippen LogP contribution in [0.25, 0.3) is 0 Å². The van der Waals surface area contributed by atoms with Crippen molar-refractivity contribution in [2.24, 2.45) is 0 Å². The Morgan fingerprint density at radius 3 is 2.65 bits per heavy atom. The summed E-state index contributed by atoms with van der Waals surface area (Å²) in [5.41, 5.74) is 1.64. The van der Waals surface area contributed by atoms with Crippen molar-refractivity contribution in [1.82, 2.24) is 0 Å². The molecule has 1 atom stereocenters. The van der Waals surface area contributed by atoms with Gasteiger partial charge in [-0.05, 0) is 42.0 Å². The van der Waals surface area contributed by atoms with E-state index in [0.29, 0.717) is 5.75 Å². The Kier molecular flexibility index (Phi) is 3.81. The molecule has 1 aliphatic heterocycles. The average Bonchev–Trinajstić information content (AvgIpc) is 2.82. The van der Waals surface area contributed by atoms with Crippen LogP contribution in [0.5, 0.6) is 0 Å². The largest absolute Gasteiger partial charge is 0.295 e. The standard InChI is InChI=1S/C15H11BrFNOS/c16-11-4-6-13(7-5-11)18-14(19)9-20-15(18)10-2-1-3-12(17)8-10/h1-8,15H,9H2. The van der Waals surface area contributed by atoms with E-state index in [9.17, 15) is 9.18 Å².